The van der Waals surface area contributed by atoms with Crippen LogP contribution in [0.15, 0.2) is 60.7 Å². The number of amides is 4. The number of ether oxygens (including phenoxy) is 1. The third-order valence-electron chi connectivity index (χ3n) is 14.0. The quantitative estimate of drug-likeness (QED) is 0.0870. The Hall–Kier alpha value is -5.92. The van der Waals surface area contributed by atoms with Gasteiger partial charge in [-0.3, -0.25) is 9.59 Å². The molecule has 2 aromatic heterocycles. The minimum atomic E-state index is -1.21. The standard InChI is InChI=1S/C50H64N8O6/c1-27(2)42(55-48(61)62)46(59)57-23-9-11-39(57)44-51-35-21-15-30(25-37(35)53-44)33-19-20-34(41(33)29-13-17-32(18-14-29)50(5,6)7)31-16-22-36-38(26-31)54-45(52-36)40-12-10-24-58(40)47(60)43(28(3)4)56-49(63)64-8/h13-18,21-22,25-28,33-34,39-43,55H,9-12,19-20,23-24H2,1-8H3,(H,51,53)(H,52,54)(H,56,63)(H,61,62)/t33?,34?,39-,40-,41?,42-,43-/m0/s1. The summed E-state index contributed by atoms with van der Waals surface area (Å²) in [4.78, 5) is 72.2. The molecular formula is C50H64N8O6. The summed E-state index contributed by atoms with van der Waals surface area (Å²) in [6.45, 7) is 15.4. The van der Waals surface area contributed by atoms with Crippen LogP contribution in [0.25, 0.3) is 22.1 Å². The highest BCUT2D eigenvalue weighted by molar-refractivity contribution is 5.87. The normalized spacial score (nSPS) is 22.4. The topological polar surface area (TPSA) is 186 Å². The summed E-state index contributed by atoms with van der Waals surface area (Å²) in [5, 5.41) is 14.6. The second kappa shape index (κ2) is 17.9. The predicted molar refractivity (Wildman–Crippen MR) is 246 cm³/mol. The summed E-state index contributed by atoms with van der Waals surface area (Å²) in [5.74, 6) is 1.44. The largest absolute Gasteiger partial charge is 0.465 e. The second-order valence-corrected chi connectivity index (χ2v) is 19.9. The van der Waals surface area contributed by atoms with E-state index in [2.05, 4.69) is 102 Å². The van der Waals surface area contributed by atoms with E-state index in [1.54, 1.807) is 4.90 Å². The van der Waals surface area contributed by atoms with Crippen LogP contribution in [0.3, 0.4) is 0 Å². The zero-order valence-electron chi connectivity index (χ0n) is 38.4. The van der Waals surface area contributed by atoms with E-state index >= 15 is 0 Å². The number of nitrogens with zero attached hydrogens (tertiary/aromatic N) is 4. The lowest BCUT2D eigenvalue weighted by molar-refractivity contribution is -0.136. The first-order valence-electron chi connectivity index (χ1n) is 23.1. The number of rotatable bonds is 11. The maximum absolute atomic E-state index is 13.9. The number of imidazole rings is 2. The number of carbonyl (C=O) groups excluding carboxylic acids is 3. The number of H-pyrrole nitrogens is 2. The van der Waals surface area contributed by atoms with Gasteiger partial charge >= 0.3 is 12.2 Å². The maximum Gasteiger partial charge on any atom is 0.407 e. The van der Waals surface area contributed by atoms with Crippen molar-refractivity contribution in [3.8, 4) is 0 Å². The number of hydrogen-bond donors (Lipinski definition) is 5. The average molecular weight is 873 g/mol. The van der Waals surface area contributed by atoms with Crippen molar-refractivity contribution >= 4 is 46.1 Å². The van der Waals surface area contributed by atoms with Gasteiger partial charge in [0.2, 0.25) is 11.8 Å². The summed E-state index contributed by atoms with van der Waals surface area (Å²) < 4.78 is 4.83. The molecule has 2 saturated heterocycles. The van der Waals surface area contributed by atoms with Gasteiger partial charge < -0.3 is 40.2 Å². The number of nitrogens with one attached hydrogen (secondary N) is 4. The summed E-state index contributed by atoms with van der Waals surface area (Å²) >= 11 is 0. The zero-order chi connectivity index (χ0) is 45.6. The molecule has 2 aliphatic heterocycles. The van der Waals surface area contributed by atoms with Crippen molar-refractivity contribution in [1.82, 2.24) is 40.4 Å². The summed E-state index contributed by atoms with van der Waals surface area (Å²) in [6, 6.07) is 20.3. The fourth-order valence-electron chi connectivity index (χ4n) is 10.6. The Balaban J connectivity index is 1.09. The fraction of sp³-hybridized carbons (Fsp3) is 0.520. The van der Waals surface area contributed by atoms with Crippen LogP contribution >= 0.6 is 0 Å². The molecule has 5 N–H and O–H groups in total. The molecule has 3 aromatic carbocycles. The summed E-state index contributed by atoms with van der Waals surface area (Å²) in [6.07, 6.45) is 3.34. The molecule has 7 atom stereocenters. The Morgan fingerprint density at radius 2 is 1.14 bits per heavy atom. The highest BCUT2D eigenvalue weighted by Crippen LogP contribution is 2.55. The third-order valence-corrected chi connectivity index (χ3v) is 14.0. The van der Waals surface area contributed by atoms with Gasteiger partial charge in [-0.25, -0.2) is 19.6 Å². The highest BCUT2D eigenvalue weighted by Gasteiger charge is 2.42. The first kappa shape index (κ1) is 44.7. The molecule has 8 rings (SSSR count). The zero-order valence-corrected chi connectivity index (χ0v) is 38.4. The number of alkyl carbamates (subject to hydrolysis) is 1. The molecule has 64 heavy (non-hydrogen) atoms. The lowest BCUT2D eigenvalue weighted by Crippen LogP contribution is -2.51. The lowest BCUT2D eigenvalue weighted by Gasteiger charge is -2.29. The number of hydrogen-bond acceptors (Lipinski definition) is 7. The molecule has 3 unspecified atom stereocenters. The van der Waals surface area contributed by atoms with E-state index in [0.29, 0.717) is 13.1 Å². The molecule has 1 aliphatic carbocycles. The number of fused-ring (bicyclic) bond motifs is 2. The second-order valence-electron chi connectivity index (χ2n) is 19.9. The molecule has 4 heterocycles. The molecule has 0 radical (unpaired) electrons. The van der Waals surface area contributed by atoms with Gasteiger partial charge in [0.25, 0.3) is 0 Å². The van der Waals surface area contributed by atoms with Crippen LogP contribution in [0.5, 0.6) is 0 Å². The minimum absolute atomic E-state index is 0.0226. The van der Waals surface area contributed by atoms with Gasteiger partial charge in [0.05, 0.1) is 41.3 Å². The van der Waals surface area contributed by atoms with Crippen molar-refractivity contribution in [3.05, 3.63) is 94.6 Å². The molecule has 4 amide bonds. The molecule has 3 aliphatic rings. The number of likely N-dealkylation sites (tertiary alicyclic amines) is 2. The van der Waals surface area contributed by atoms with Crippen LogP contribution in [0, 0.1) is 11.8 Å². The van der Waals surface area contributed by atoms with Crippen LogP contribution < -0.4 is 10.6 Å². The Morgan fingerprint density at radius 3 is 1.56 bits per heavy atom. The molecule has 0 spiro atoms. The van der Waals surface area contributed by atoms with E-state index in [9.17, 15) is 24.3 Å². The Morgan fingerprint density at radius 1 is 0.688 bits per heavy atom. The average Bonchev–Trinajstić information content (AvgIpc) is 4.11. The number of aromatic amines is 2. The van der Waals surface area contributed by atoms with Crippen molar-refractivity contribution < 1.29 is 29.0 Å². The van der Waals surface area contributed by atoms with Crippen LogP contribution in [0.2, 0.25) is 0 Å². The number of aromatic nitrogens is 4. The summed E-state index contributed by atoms with van der Waals surface area (Å²) in [7, 11) is 1.30. The van der Waals surface area contributed by atoms with Crippen molar-refractivity contribution in [1.29, 1.82) is 0 Å². The van der Waals surface area contributed by atoms with Gasteiger partial charge in [-0.2, -0.15) is 0 Å². The van der Waals surface area contributed by atoms with Gasteiger partial charge in [0.1, 0.15) is 23.7 Å². The van der Waals surface area contributed by atoms with E-state index < -0.39 is 24.3 Å². The van der Waals surface area contributed by atoms with Crippen molar-refractivity contribution in [2.24, 2.45) is 11.8 Å². The number of carbonyl (C=O) groups is 4. The minimum Gasteiger partial charge on any atom is -0.465 e. The van der Waals surface area contributed by atoms with E-state index in [-0.39, 0.29) is 58.9 Å². The highest BCUT2D eigenvalue weighted by atomic mass is 16.5. The van der Waals surface area contributed by atoms with Gasteiger partial charge in [-0.15, -0.1) is 0 Å². The molecule has 5 aromatic rings. The Kier molecular flexibility index (Phi) is 12.5. The summed E-state index contributed by atoms with van der Waals surface area (Å²) in [5.41, 5.74) is 8.64. The van der Waals surface area contributed by atoms with Gasteiger partial charge in [-0.05, 0) is 120 Å². The molecule has 3 fully saturated rings. The van der Waals surface area contributed by atoms with Gasteiger partial charge in [-0.1, -0.05) is 84.9 Å². The smallest absolute Gasteiger partial charge is 0.407 e. The molecule has 14 nitrogen and oxygen atoms in total. The van der Waals surface area contributed by atoms with E-state index in [1.165, 1.54) is 29.4 Å². The monoisotopic (exact) mass is 872 g/mol. The lowest BCUT2D eigenvalue weighted by atomic mass is 9.76. The number of benzene rings is 3. The van der Waals surface area contributed by atoms with E-state index in [4.69, 9.17) is 14.7 Å². The van der Waals surface area contributed by atoms with Crippen molar-refractivity contribution in [2.75, 3.05) is 20.2 Å². The predicted octanol–water partition coefficient (Wildman–Crippen LogP) is 9.18. The first-order chi connectivity index (χ1) is 30.5. The van der Waals surface area contributed by atoms with Crippen molar-refractivity contribution in [2.45, 2.75) is 134 Å². The third kappa shape index (κ3) is 8.80. The Labute approximate surface area is 375 Å². The van der Waals surface area contributed by atoms with Crippen LogP contribution in [-0.4, -0.2) is 91.1 Å². The van der Waals surface area contributed by atoms with Crippen LogP contribution in [-0.2, 0) is 19.7 Å². The molecule has 0 bridgehead atoms. The van der Waals surface area contributed by atoms with Gasteiger partial charge in [0, 0.05) is 13.1 Å². The van der Waals surface area contributed by atoms with E-state index in [0.717, 1.165) is 72.2 Å². The van der Waals surface area contributed by atoms with Crippen LogP contribution in [0.1, 0.15) is 151 Å². The number of carboxylic acid groups (broad SMARTS) is 1. The SMILES string of the molecule is COC(=O)N[C@H](C(=O)N1CCC[C@H]1c1nc2ccc(C3CCC(c4ccc5nc([C@@H]6CCCN6C(=O)[C@@H](NC(=O)O)C(C)C)[nH]c5c4)C3c3ccc(C(C)(C)C)cc3)cc2[nH]1)C(C)C. The number of methoxy groups -OCH3 is 1. The first-order valence-corrected chi connectivity index (χ1v) is 23.1. The van der Waals surface area contributed by atoms with Gasteiger partial charge in [0.15, 0.2) is 0 Å². The molecule has 340 valence electrons. The fourth-order valence-corrected chi connectivity index (χ4v) is 10.6. The Bertz CT molecular complexity index is 2520. The molecule has 1 saturated carbocycles. The van der Waals surface area contributed by atoms with E-state index in [1.807, 2.05) is 32.6 Å². The molecular weight excluding hydrogens is 809 g/mol. The van der Waals surface area contributed by atoms with Crippen molar-refractivity contribution in [3.63, 3.8) is 0 Å². The maximum atomic E-state index is 13.9. The molecule has 14 heteroatoms. The van der Waals surface area contributed by atoms with Crippen LogP contribution in [0.4, 0.5) is 9.59 Å².